The van der Waals surface area contributed by atoms with E-state index in [2.05, 4.69) is 4.74 Å². The van der Waals surface area contributed by atoms with Crippen LogP contribution in [0.1, 0.15) is 21.5 Å². The van der Waals surface area contributed by atoms with Crippen molar-refractivity contribution in [1.29, 1.82) is 5.26 Å². The van der Waals surface area contributed by atoms with Crippen molar-refractivity contribution in [3.63, 3.8) is 0 Å². The molecule has 0 heterocycles. The van der Waals surface area contributed by atoms with Crippen molar-refractivity contribution in [3.8, 4) is 11.8 Å². The van der Waals surface area contributed by atoms with Crippen LogP contribution in [0.25, 0.3) is 0 Å². The minimum Gasteiger partial charge on any atom is -0.457 e. The normalized spacial score (nSPS) is 10.7. The minimum atomic E-state index is -4.79. The number of halogens is 3. The molecule has 0 N–H and O–H groups in total. The number of nitriles is 1. The van der Waals surface area contributed by atoms with Crippen LogP contribution in [0.5, 0.6) is 5.75 Å². The van der Waals surface area contributed by atoms with Gasteiger partial charge in [0, 0.05) is 5.56 Å². The van der Waals surface area contributed by atoms with Crippen molar-refractivity contribution in [2.45, 2.75) is 13.0 Å². The number of carbonyl (C=O) groups excluding carboxylic acids is 1. The van der Waals surface area contributed by atoms with E-state index >= 15 is 0 Å². The summed E-state index contributed by atoms with van der Waals surface area (Å²) in [4.78, 5) is 11.8. The van der Waals surface area contributed by atoms with Crippen LogP contribution in [0.2, 0.25) is 0 Å². The second-order valence-electron chi connectivity index (χ2n) is 4.42. The standard InChI is InChI=1S/C16H10F3NO3/c17-16(18,19)23-14-7-5-11(6-8-14)15(21)22-10-13-4-2-1-3-12(13)9-20/h1-8H,10H2. The fraction of sp³-hybridized carbons (Fsp3) is 0.125. The van der Waals surface area contributed by atoms with E-state index in [1.54, 1.807) is 24.3 Å². The van der Waals surface area contributed by atoms with Gasteiger partial charge < -0.3 is 9.47 Å². The van der Waals surface area contributed by atoms with Gasteiger partial charge in [0.05, 0.1) is 17.2 Å². The van der Waals surface area contributed by atoms with Crippen LogP contribution in [-0.4, -0.2) is 12.3 Å². The third-order valence-corrected chi connectivity index (χ3v) is 2.82. The second-order valence-corrected chi connectivity index (χ2v) is 4.42. The van der Waals surface area contributed by atoms with Crippen LogP contribution in [0.4, 0.5) is 13.2 Å². The molecular weight excluding hydrogens is 311 g/mol. The number of alkyl halides is 3. The number of nitrogens with zero attached hydrogens (tertiary/aromatic N) is 1. The van der Waals surface area contributed by atoms with Crippen molar-refractivity contribution in [1.82, 2.24) is 0 Å². The molecule has 0 aromatic heterocycles. The molecule has 0 radical (unpaired) electrons. The van der Waals surface area contributed by atoms with E-state index in [0.717, 1.165) is 12.1 Å². The third-order valence-electron chi connectivity index (χ3n) is 2.82. The number of hydrogen-bond donors (Lipinski definition) is 0. The van der Waals surface area contributed by atoms with Crippen LogP contribution >= 0.6 is 0 Å². The molecule has 0 amide bonds. The van der Waals surface area contributed by atoms with Crippen LogP contribution in [-0.2, 0) is 11.3 Å². The van der Waals surface area contributed by atoms with Gasteiger partial charge in [0.25, 0.3) is 0 Å². The number of benzene rings is 2. The minimum absolute atomic E-state index is 0.0777. The maximum atomic E-state index is 12.0. The summed E-state index contributed by atoms with van der Waals surface area (Å²) in [6.45, 7) is -0.108. The lowest BCUT2D eigenvalue weighted by atomic mass is 10.1. The first kappa shape index (κ1) is 16.4. The highest BCUT2D eigenvalue weighted by Gasteiger charge is 2.31. The maximum Gasteiger partial charge on any atom is 0.573 e. The molecule has 0 spiro atoms. The van der Waals surface area contributed by atoms with Crippen molar-refractivity contribution < 1.29 is 27.4 Å². The number of carbonyl (C=O) groups is 1. The Morgan fingerprint density at radius 2 is 1.74 bits per heavy atom. The molecule has 118 valence electrons. The lowest BCUT2D eigenvalue weighted by molar-refractivity contribution is -0.274. The van der Waals surface area contributed by atoms with E-state index in [4.69, 9.17) is 10.00 Å². The van der Waals surface area contributed by atoms with Gasteiger partial charge in [-0.15, -0.1) is 13.2 Å². The third kappa shape index (κ3) is 4.74. The van der Waals surface area contributed by atoms with Gasteiger partial charge in [-0.05, 0) is 30.3 Å². The van der Waals surface area contributed by atoms with E-state index in [9.17, 15) is 18.0 Å². The topological polar surface area (TPSA) is 59.3 Å². The molecule has 0 bridgehead atoms. The van der Waals surface area contributed by atoms with Crippen LogP contribution in [0, 0.1) is 11.3 Å². The van der Waals surface area contributed by atoms with E-state index < -0.39 is 18.1 Å². The summed E-state index contributed by atoms with van der Waals surface area (Å²) in [7, 11) is 0. The Morgan fingerprint density at radius 1 is 1.09 bits per heavy atom. The lowest BCUT2D eigenvalue weighted by Crippen LogP contribution is -2.17. The van der Waals surface area contributed by atoms with Gasteiger partial charge in [-0.25, -0.2) is 4.79 Å². The summed E-state index contributed by atoms with van der Waals surface area (Å²) < 4.78 is 44.9. The summed E-state index contributed by atoms with van der Waals surface area (Å²) in [6.07, 6.45) is -4.79. The Labute approximate surface area is 129 Å². The zero-order valence-corrected chi connectivity index (χ0v) is 11.6. The van der Waals surface area contributed by atoms with Crippen LogP contribution in [0.3, 0.4) is 0 Å². The Morgan fingerprint density at radius 3 is 2.35 bits per heavy atom. The summed E-state index contributed by atoms with van der Waals surface area (Å²) >= 11 is 0. The van der Waals surface area contributed by atoms with Crippen molar-refractivity contribution >= 4 is 5.97 Å². The average Bonchev–Trinajstić information content (AvgIpc) is 2.52. The molecule has 7 heteroatoms. The molecular formula is C16H10F3NO3. The first-order chi connectivity index (χ1) is 10.9. The van der Waals surface area contributed by atoms with Gasteiger partial charge in [-0.2, -0.15) is 5.26 Å². The second kappa shape index (κ2) is 6.83. The quantitative estimate of drug-likeness (QED) is 0.803. The molecule has 0 atom stereocenters. The molecule has 2 aromatic carbocycles. The Bertz CT molecular complexity index is 733. The molecule has 0 aliphatic rings. The van der Waals surface area contributed by atoms with Gasteiger partial charge in [0.2, 0.25) is 0 Å². The highest BCUT2D eigenvalue weighted by Crippen LogP contribution is 2.23. The van der Waals surface area contributed by atoms with E-state index in [1.165, 1.54) is 12.1 Å². The Kier molecular flexibility index (Phi) is 4.86. The van der Waals surface area contributed by atoms with E-state index in [-0.39, 0.29) is 12.2 Å². The molecule has 0 aliphatic heterocycles. The molecule has 2 rings (SSSR count). The zero-order valence-electron chi connectivity index (χ0n) is 11.6. The molecule has 0 aliphatic carbocycles. The Hall–Kier alpha value is -3.01. The summed E-state index contributed by atoms with van der Waals surface area (Å²) in [5.41, 5.74) is 1.00. The Balaban J connectivity index is 2.00. The molecule has 2 aromatic rings. The average molecular weight is 321 g/mol. The predicted molar refractivity (Wildman–Crippen MR) is 73.4 cm³/mol. The summed E-state index contributed by atoms with van der Waals surface area (Å²) in [6, 6.07) is 13.0. The SMILES string of the molecule is N#Cc1ccccc1COC(=O)c1ccc(OC(F)(F)F)cc1. The van der Waals surface area contributed by atoms with Gasteiger partial charge in [-0.1, -0.05) is 18.2 Å². The fourth-order valence-electron chi connectivity index (χ4n) is 1.77. The summed E-state index contributed by atoms with van der Waals surface area (Å²) in [5.74, 6) is -1.14. The van der Waals surface area contributed by atoms with Crippen molar-refractivity contribution in [2.24, 2.45) is 0 Å². The molecule has 0 unspecified atom stereocenters. The van der Waals surface area contributed by atoms with E-state index in [0.29, 0.717) is 11.1 Å². The number of hydrogen-bond acceptors (Lipinski definition) is 4. The highest BCUT2D eigenvalue weighted by atomic mass is 19.4. The zero-order chi connectivity index (χ0) is 16.9. The fourth-order valence-corrected chi connectivity index (χ4v) is 1.77. The van der Waals surface area contributed by atoms with Gasteiger partial charge in [0.1, 0.15) is 12.4 Å². The molecule has 23 heavy (non-hydrogen) atoms. The van der Waals surface area contributed by atoms with Gasteiger partial charge in [-0.3, -0.25) is 0 Å². The van der Waals surface area contributed by atoms with Crippen LogP contribution in [0.15, 0.2) is 48.5 Å². The number of esters is 1. The molecule has 4 nitrogen and oxygen atoms in total. The van der Waals surface area contributed by atoms with Gasteiger partial charge >= 0.3 is 12.3 Å². The van der Waals surface area contributed by atoms with Crippen molar-refractivity contribution in [2.75, 3.05) is 0 Å². The van der Waals surface area contributed by atoms with E-state index in [1.807, 2.05) is 6.07 Å². The van der Waals surface area contributed by atoms with Crippen molar-refractivity contribution in [3.05, 3.63) is 65.2 Å². The first-order valence-corrected chi connectivity index (χ1v) is 6.40. The molecule has 0 saturated heterocycles. The largest absolute Gasteiger partial charge is 0.573 e. The molecule has 0 fully saturated rings. The highest BCUT2D eigenvalue weighted by molar-refractivity contribution is 5.89. The van der Waals surface area contributed by atoms with Gasteiger partial charge in [0.15, 0.2) is 0 Å². The first-order valence-electron chi connectivity index (χ1n) is 6.40. The van der Waals surface area contributed by atoms with Crippen LogP contribution < -0.4 is 4.74 Å². The number of ether oxygens (including phenoxy) is 2. The number of rotatable bonds is 4. The smallest absolute Gasteiger partial charge is 0.457 e. The maximum absolute atomic E-state index is 12.0. The predicted octanol–water partition coefficient (Wildman–Crippen LogP) is 3.81. The lowest BCUT2D eigenvalue weighted by Gasteiger charge is -2.09. The summed E-state index contributed by atoms with van der Waals surface area (Å²) in [5, 5.41) is 8.93. The molecule has 0 saturated carbocycles. The monoisotopic (exact) mass is 321 g/mol.